The van der Waals surface area contributed by atoms with E-state index >= 15 is 0 Å². The van der Waals surface area contributed by atoms with Crippen molar-refractivity contribution in [1.29, 1.82) is 0 Å². The fourth-order valence-electron chi connectivity index (χ4n) is 2.66. The zero-order valence-electron chi connectivity index (χ0n) is 17.1. The van der Waals surface area contributed by atoms with Crippen molar-refractivity contribution >= 4 is 0 Å². The fraction of sp³-hybridized carbons (Fsp3) is 0.259. The van der Waals surface area contributed by atoms with E-state index in [0.717, 1.165) is 29.5 Å². The highest BCUT2D eigenvalue weighted by Crippen LogP contribution is 2.17. The molecule has 2 aromatic rings. The van der Waals surface area contributed by atoms with E-state index < -0.39 is 0 Å². The molecular weight excluding hydrogens is 324 g/mol. The van der Waals surface area contributed by atoms with E-state index in [1.165, 1.54) is 22.3 Å². The Kier molecular flexibility index (Phi) is 7.73. The van der Waals surface area contributed by atoms with Crippen LogP contribution >= 0.6 is 0 Å². The molecule has 0 heterocycles. The van der Waals surface area contributed by atoms with Crippen LogP contribution in [-0.2, 0) is 0 Å². The van der Waals surface area contributed by atoms with Gasteiger partial charge in [-0.3, -0.25) is 0 Å². The topological polar surface area (TPSA) is 0 Å². The Morgan fingerprint density at radius 3 is 1.96 bits per heavy atom. The average molecular weight is 353 g/mol. The molecule has 0 saturated carbocycles. The van der Waals surface area contributed by atoms with Gasteiger partial charge in [0.05, 0.1) is 0 Å². The minimum Gasteiger partial charge on any atom is -0.0729 e. The van der Waals surface area contributed by atoms with Gasteiger partial charge in [-0.05, 0) is 69.5 Å². The molecule has 0 aliphatic heterocycles. The Morgan fingerprint density at radius 1 is 0.667 bits per heavy atom. The molecule has 136 valence electrons. The lowest BCUT2D eigenvalue weighted by molar-refractivity contribution is 0.934. The van der Waals surface area contributed by atoms with Gasteiger partial charge >= 0.3 is 0 Å². The van der Waals surface area contributed by atoms with E-state index in [1.807, 2.05) is 13.8 Å². The second kappa shape index (κ2) is 10.3. The van der Waals surface area contributed by atoms with Crippen LogP contribution in [0.4, 0.5) is 0 Å². The van der Waals surface area contributed by atoms with Gasteiger partial charge in [-0.25, -0.2) is 0 Å². The summed E-state index contributed by atoms with van der Waals surface area (Å²) >= 11 is 0. The van der Waals surface area contributed by atoms with Crippen molar-refractivity contribution in [3.8, 4) is 23.7 Å². The van der Waals surface area contributed by atoms with E-state index in [2.05, 4.69) is 99.1 Å². The van der Waals surface area contributed by atoms with E-state index in [4.69, 9.17) is 0 Å². The first-order valence-electron chi connectivity index (χ1n) is 9.68. The van der Waals surface area contributed by atoms with Crippen molar-refractivity contribution in [1.82, 2.24) is 0 Å². The summed E-state index contributed by atoms with van der Waals surface area (Å²) in [6.45, 7) is 10.3. The van der Waals surface area contributed by atoms with Gasteiger partial charge in [0.1, 0.15) is 0 Å². The molecule has 0 amide bonds. The Balaban J connectivity index is 0.00000126. The van der Waals surface area contributed by atoms with Gasteiger partial charge in [0, 0.05) is 22.3 Å². The van der Waals surface area contributed by atoms with Crippen molar-refractivity contribution in [3.63, 3.8) is 0 Å². The molecule has 0 N–H and O–H groups in total. The fourth-order valence-corrected chi connectivity index (χ4v) is 2.66. The van der Waals surface area contributed by atoms with Gasteiger partial charge in [-0.1, -0.05) is 73.0 Å². The molecule has 0 heteroatoms. The summed E-state index contributed by atoms with van der Waals surface area (Å²) in [7, 11) is 0. The maximum atomic E-state index is 3.31. The summed E-state index contributed by atoms with van der Waals surface area (Å²) in [4.78, 5) is 0. The predicted molar refractivity (Wildman–Crippen MR) is 118 cm³/mol. The summed E-state index contributed by atoms with van der Waals surface area (Å²) in [5, 5.41) is 0. The van der Waals surface area contributed by atoms with Gasteiger partial charge in [0.2, 0.25) is 0 Å². The van der Waals surface area contributed by atoms with Crippen molar-refractivity contribution < 1.29 is 0 Å². The van der Waals surface area contributed by atoms with Crippen LogP contribution in [0.2, 0.25) is 0 Å². The van der Waals surface area contributed by atoms with E-state index in [1.54, 1.807) is 0 Å². The minimum absolute atomic E-state index is 1.03. The Labute approximate surface area is 165 Å². The summed E-state index contributed by atoms with van der Waals surface area (Å²) in [5.41, 5.74) is 8.22. The highest BCUT2D eigenvalue weighted by molar-refractivity contribution is 5.51. The number of hydrogen-bond acceptors (Lipinski definition) is 0. The second-order valence-electron chi connectivity index (χ2n) is 6.60. The van der Waals surface area contributed by atoms with Crippen LogP contribution in [0.5, 0.6) is 0 Å². The zero-order chi connectivity index (χ0) is 19.6. The summed E-state index contributed by atoms with van der Waals surface area (Å²) in [6, 6.07) is 14.5. The first-order valence-corrected chi connectivity index (χ1v) is 9.68. The summed E-state index contributed by atoms with van der Waals surface area (Å²) in [6.07, 6.45) is 6.48. The van der Waals surface area contributed by atoms with Gasteiger partial charge in [-0.15, -0.1) is 0 Å². The van der Waals surface area contributed by atoms with Crippen LogP contribution in [0, 0.1) is 37.5 Å². The maximum Gasteiger partial charge on any atom is 0.0279 e. The highest BCUT2D eigenvalue weighted by Gasteiger charge is 2.01. The molecule has 0 spiro atoms. The lowest BCUT2D eigenvalue weighted by Crippen LogP contribution is -1.89. The van der Waals surface area contributed by atoms with Crippen molar-refractivity contribution in [3.05, 3.63) is 93.6 Å². The third-order valence-corrected chi connectivity index (χ3v) is 4.34. The van der Waals surface area contributed by atoms with Gasteiger partial charge in [0.25, 0.3) is 0 Å². The molecule has 0 radical (unpaired) electrons. The van der Waals surface area contributed by atoms with Crippen LogP contribution in [0.25, 0.3) is 0 Å². The van der Waals surface area contributed by atoms with Gasteiger partial charge < -0.3 is 0 Å². The Bertz CT molecular complexity index is 959. The molecule has 3 rings (SSSR count). The van der Waals surface area contributed by atoms with Crippen molar-refractivity contribution in [2.45, 2.75) is 47.5 Å². The number of aryl methyl sites for hydroxylation is 2. The molecule has 0 bridgehead atoms. The number of benzene rings is 2. The molecule has 1 aliphatic carbocycles. The van der Waals surface area contributed by atoms with Gasteiger partial charge in [0.15, 0.2) is 0 Å². The van der Waals surface area contributed by atoms with Crippen molar-refractivity contribution in [2.75, 3.05) is 0 Å². The van der Waals surface area contributed by atoms with Crippen LogP contribution in [0.15, 0.2) is 65.8 Å². The quantitative estimate of drug-likeness (QED) is 0.460. The lowest BCUT2D eigenvalue weighted by Gasteiger charge is -2.06. The third-order valence-electron chi connectivity index (χ3n) is 4.34. The second-order valence-corrected chi connectivity index (χ2v) is 6.60. The SMILES string of the molecule is CC.CC1=CC=C(C#Cc2ccc(C#Cc3ccc(C)cc3)cc2C)CC1. The molecule has 2 aromatic carbocycles. The van der Waals surface area contributed by atoms with Crippen LogP contribution < -0.4 is 0 Å². The molecule has 1 aliphatic rings. The molecule has 0 saturated heterocycles. The van der Waals surface area contributed by atoms with E-state index in [0.29, 0.717) is 0 Å². The number of hydrogen-bond donors (Lipinski definition) is 0. The maximum absolute atomic E-state index is 3.31. The summed E-state index contributed by atoms with van der Waals surface area (Å²) < 4.78 is 0. The first-order chi connectivity index (χ1) is 13.1. The zero-order valence-corrected chi connectivity index (χ0v) is 17.1. The highest BCUT2D eigenvalue weighted by atomic mass is 14.0. The molecule has 0 fully saturated rings. The molecule has 0 atom stereocenters. The minimum atomic E-state index is 1.03. The van der Waals surface area contributed by atoms with Crippen LogP contribution in [0.1, 0.15) is 61.4 Å². The third kappa shape index (κ3) is 6.36. The molecular formula is C27H28. The Morgan fingerprint density at radius 2 is 1.33 bits per heavy atom. The van der Waals surface area contributed by atoms with Crippen molar-refractivity contribution in [2.24, 2.45) is 0 Å². The normalized spacial score (nSPS) is 12.2. The molecule has 0 aromatic heterocycles. The monoisotopic (exact) mass is 352 g/mol. The summed E-state index contributed by atoms with van der Waals surface area (Å²) in [5.74, 6) is 13.1. The lowest BCUT2D eigenvalue weighted by atomic mass is 9.99. The van der Waals surface area contributed by atoms with Gasteiger partial charge in [-0.2, -0.15) is 0 Å². The largest absolute Gasteiger partial charge is 0.0729 e. The average Bonchev–Trinajstić information content (AvgIpc) is 2.70. The standard InChI is InChI=1S/C25H22.C2H6/c1-19-4-8-22(9-5-19)12-13-24-15-17-25(21(3)18-24)16-14-23-10-6-20(2)7-11-23;1-2/h4-6,8-10,15,17-18H,7,11H2,1-3H3;1-2H3. The van der Waals surface area contributed by atoms with E-state index in [9.17, 15) is 0 Å². The number of rotatable bonds is 0. The Hall–Kier alpha value is -2.96. The molecule has 0 nitrogen and oxygen atoms in total. The van der Waals surface area contributed by atoms with Crippen LogP contribution in [0.3, 0.4) is 0 Å². The smallest absolute Gasteiger partial charge is 0.0279 e. The number of allylic oxidation sites excluding steroid dienone is 4. The molecule has 0 unspecified atom stereocenters. The van der Waals surface area contributed by atoms with Crippen LogP contribution in [-0.4, -0.2) is 0 Å². The molecule has 27 heavy (non-hydrogen) atoms. The first kappa shape index (κ1) is 20.4. The predicted octanol–water partition coefficient (Wildman–Crippen LogP) is 6.75. The van der Waals surface area contributed by atoms with E-state index in [-0.39, 0.29) is 0 Å².